The highest BCUT2D eigenvalue weighted by molar-refractivity contribution is 6.37. The van der Waals surface area contributed by atoms with E-state index in [4.69, 9.17) is 0 Å². The number of quaternary nitrogens is 1. The predicted molar refractivity (Wildman–Crippen MR) is 49.8 cm³/mol. The van der Waals surface area contributed by atoms with Gasteiger partial charge in [-0.05, 0) is 0 Å². The van der Waals surface area contributed by atoms with Gasteiger partial charge in [-0.3, -0.25) is 9.59 Å². The maximum Gasteiger partial charge on any atom is 0.294 e. The van der Waals surface area contributed by atoms with Gasteiger partial charge in [0.15, 0.2) is 6.04 Å². The molecular formula is C9H17N2O2+. The zero-order valence-corrected chi connectivity index (χ0v) is 8.01. The molecule has 1 unspecified atom stereocenters. The average Bonchev–Trinajstić information content (AvgIpc) is 2.13. The molecule has 1 atom stereocenters. The number of carbonyl (C=O) groups excluding carboxylic acids is 2. The summed E-state index contributed by atoms with van der Waals surface area (Å²) in [7, 11) is 0. The van der Waals surface area contributed by atoms with Crippen molar-refractivity contribution in [1.29, 1.82) is 0 Å². The first-order valence-corrected chi connectivity index (χ1v) is 4.39. The van der Waals surface area contributed by atoms with Gasteiger partial charge in [0.1, 0.15) is 0 Å². The monoisotopic (exact) mass is 185 g/mol. The topological polar surface area (TPSA) is 73.8 Å². The van der Waals surface area contributed by atoms with Gasteiger partial charge in [0, 0.05) is 13.0 Å². The average molecular weight is 185 g/mol. The van der Waals surface area contributed by atoms with Crippen molar-refractivity contribution in [3.63, 3.8) is 0 Å². The van der Waals surface area contributed by atoms with E-state index in [2.05, 4.69) is 17.6 Å². The maximum atomic E-state index is 11.2. The number of rotatable bonds is 6. The van der Waals surface area contributed by atoms with Crippen molar-refractivity contribution in [3.05, 3.63) is 12.7 Å². The minimum Gasteiger partial charge on any atom is -0.348 e. The Labute approximate surface area is 78.2 Å². The molecule has 1 amide bonds. The third kappa shape index (κ3) is 4.42. The van der Waals surface area contributed by atoms with Gasteiger partial charge in [-0.25, -0.2) is 0 Å². The van der Waals surface area contributed by atoms with Gasteiger partial charge < -0.3 is 11.1 Å². The van der Waals surface area contributed by atoms with Crippen LogP contribution in [0.2, 0.25) is 0 Å². The van der Waals surface area contributed by atoms with Crippen LogP contribution in [0, 0.1) is 0 Å². The lowest BCUT2D eigenvalue weighted by molar-refractivity contribution is -0.403. The highest BCUT2D eigenvalue weighted by Crippen LogP contribution is 1.92. The molecule has 4 nitrogen and oxygen atoms in total. The van der Waals surface area contributed by atoms with E-state index in [0.29, 0.717) is 13.0 Å². The zero-order chi connectivity index (χ0) is 10.3. The molecule has 0 aromatic rings. The molecule has 0 bridgehead atoms. The van der Waals surface area contributed by atoms with E-state index in [9.17, 15) is 9.59 Å². The van der Waals surface area contributed by atoms with Gasteiger partial charge in [0.05, 0.1) is 0 Å². The van der Waals surface area contributed by atoms with Gasteiger partial charge in [-0.15, -0.1) is 6.58 Å². The molecule has 0 aromatic heterocycles. The molecule has 0 aliphatic carbocycles. The van der Waals surface area contributed by atoms with Crippen molar-refractivity contribution in [2.45, 2.75) is 25.8 Å². The molecule has 0 spiro atoms. The van der Waals surface area contributed by atoms with Crippen LogP contribution in [-0.4, -0.2) is 24.3 Å². The smallest absolute Gasteiger partial charge is 0.294 e. The van der Waals surface area contributed by atoms with Crippen LogP contribution in [0.15, 0.2) is 12.7 Å². The second-order valence-corrected chi connectivity index (χ2v) is 2.85. The summed E-state index contributed by atoms with van der Waals surface area (Å²) in [6.07, 6.45) is 3.04. The number of carbonyl (C=O) groups is 2. The molecular weight excluding hydrogens is 168 g/mol. The van der Waals surface area contributed by atoms with Crippen LogP contribution < -0.4 is 11.1 Å². The van der Waals surface area contributed by atoms with E-state index in [1.165, 1.54) is 6.08 Å². The fourth-order valence-electron chi connectivity index (χ4n) is 0.917. The van der Waals surface area contributed by atoms with E-state index in [-0.39, 0.29) is 0 Å². The Morgan fingerprint density at radius 1 is 1.62 bits per heavy atom. The molecule has 0 heterocycles. The fourth-order valence-corrected chi connectivity index (χ4v) is 0.917. The molecule has 0 aliphatic rings. The number of nitrogens with one attached hydrogen (secondary N) is 1. The lowest BCUT2D eigenvalue weighted by atomic mass is 10.1. The highest BCUT2D eigenvalue weighted by atomic mass is 16.2. The summed E-state index contributed by atoms with van der Waals surface area (Å²) in [6.45, 7) is 5.71. The molecule has 0 aliphatic heterocycles. The SMILES string of the molecule is C=CCNC(=O)C(=O)C([NH3+])CCC. The van der Waals surface area contributed by atoms with Gasteiger partial charge in [-0.1, -0.05) is 19.4 Å². The number of Topliss-reactive ketones (excluding diaryl/α,β-unsaturated/α-hetero) is 1. The van der Waals surface area contributed by atoms with Crippen molar-refractivity contribution in [2.75, 3.05) is 6.54 Å². The van der Waals surface area contributed by atoms with Gasteiger partial charge in [0.25, 0.3) is 11.7 Å². The molecule has 0 saturated heterocycles. The molecule has 0 fully saturated rings. The molecule has 13 heavy (non-hydrogen) atoms. The molecule has 4 heteroatoms. The summed E-state index contributed by atoms with van der Waals surface area (Å²) >= 11 is 0. The van der Waals surface area contributed by atoms with Gasteiger partial charge >= 0.3 is 0 Å². The Bertz CT molecular complexity index is 202. The second-order valence-electron chi connectivity index (χ2n) is 2.85. The van der Waals surface area contributed by atoms with E-state index in [1.807, 2.05) is 6.92 Å². The Balaban J connectivity index is 3.94. The molecule has 0 radical (unpaired) electrons. The van der Waals surface area contributed by atoms with Crippen LogP contribution in [0.5, 0.6) is 0 Å². The normalized spacial score (nSPS) is 11.8. The number of amides is 1. The number of hydrogen-bond acceptors (Lipinski definition) is 2. The standard InChI is InChI=1S/C9H16N2O2/c1-3-5-7(10)8(12)9(13)11-6-4-2/h4,7H,2-3,5-6,10H2,1H3,(H,11,13)/p+1. The minimum atomic E-state index is -0.562. The second kappa shape index (κ2) is 6.37. The third-order valence-electron chi connectivity index (χ3n) is 1.64. The summed E-state index contributed by atoms with van der Waals surface area (Å²) in [6, 6.07) is -0.421. The van der Waals surface area contributed by atoms with Crippen molar-refractivity contribution in [1.82, 2.24) is 5.32 Å². The van der Waals surface area contributed by atoms with Crippen LogP contribution in [0.1, 0.15) is 19.8 Å². The minimum absolute atomic E-state index is 0.323. The summed E-state index contributed by atoms with van der Waals surface area (Å²) in [4.78, 5) is 22.3. The fraction of sp³-hybridized carbons (Fsp3) is 0.556. The summed E-state index contributed by atoms with van der Waals surface area (Å²) in [5.74, 6) is -1.00. The molecule has 4 N–H and O–H groups in total. The first-order valence-electron chi connectivity index (χ1n) is 4.39. The van der Waals surface area contributed by atoms with Crippen LogP contribution in [0.3, 0.4) is 0 Å². The maximum absolute atomic E-state index is 11.2. The first kappa shape index (κ1) is 11.8. The van der Waals surface area contributed by atoms with E-state index in [0.717, 1.165) is 6.42 Å². The van der Waals surface area contributed by atoms with Crippen LogP contribution in [0.25, 0.3) is 0 Å². The van der Waals surface area contributed by atoms with E-state index >= 15 is 0 Å². The Kier molecular flexibility index (Phi) is 5.80. The van der Waals surface area contributed by atoms with Crippen molar-refractivity contribution < 1.29 is 15.3 Å². The zero-order valence-electron chi connectivity index (χ0n) is 8.01. The van der Waals surface area contributed by atoms with Crippen molar-refractivity contribution >= 4 is 11.7 Å². The third-order valence-corrected chi connectivity index (χ3v) is 1.64. The Hall–Kier alpha value is -1.16. The molecule has 0 saturated carbocycles. The van der Waals surface area contributed by atoms with E-state index in [1.54, 1.807) is 0 Å². The number of ketones is 1. The summed E-state index contributed by atoms with van der Waals surface area (Å²) < 4.78 is 0. The quantitative estimate of drug-likeness (QED) is 0.423. The molecule has 0 aromatic carbocycles. The van der Waals surface area contributed by atoms with E-state index < -0.39 is 17.7 Å². The van der Waals surface area contributed by atoms with Crippen LogP contribution in [-0.2, 0) is 9.59 Å². The van der Waals surface area contributed by atoms with Crippen LogP contribution in [0.4, 0.5) is 0 Å². The Morgan fingerprint density at radius 2 is 2.23 bits per heavy atom. The van der Waals surface area contributed by atoms with Gasteiger partial charge in [0.2, 0.25) is 0 Å². The summed E-state index contributed by atoms with van der Waals surface area (Å²) in [5.41, 5.74) is 3.62. The van der Waals surface area contributed by atoms with Crippen molar-refractivity contribution in [3.8, 4) is 0 Å². The molecule has 0 rings (SSSR count). The largest absolute Gasteiger partial charge is 0.348 e. The lowest BCUT2D eigenvalue weighted by Crippen LogP contribution is -2.67. The Morgan fingerprint density at radius 3 is 2.69 bits per heavy atom. The summed E-state index contributed by atoms with van der Waals surface area (Å²) in [5, 5.41) is 2.42. The highest BCUT2D eigenvalue weighted by Gasteiger charge is 2.23. The van der Waals surface area contributed by atoms with Gasteiger partial charge in [-0.2, -0.15) is 0 Å². The lowest BCUT2D eigenvalue weighted by Gasteiger charge is -2.05. The van der Waals surface area contributed by atoms with Crippen molar-refractivity contribution in [2.24, 2.45) is 0 Å². The first-order chi connectivity index (χ1) is 6.13. The molecule has 74 valence electrons. The van der Waals surface area contributed by atoms with Crippen LogP contribution >= 0.6 is 0 Å². The number of hydrogen-bond donors (Lipinski definition) is 2. The predicted octanol–water partition coefficient (Wildman–Crippen LogP) is -0.732.